The highest BCUT2D eigenvalue weighted by atomic mass is 35.5. The third kappa shape index (κ3) is 3.72. The van der Waals surface area contributed by atoms with Crippen LogP contribution in [-0.2, 0) is 6.54 Å². The average Bonchev–Trinajstić information content (AvgIpc) is 2.83. The van der Waals surface area contributed by atoms with E-state index in [9.17, 15) is 0 Å². The predicted molar refractivity (Wildman–Crippen MR) is 79.9 cm³/mol. The molecule has 3 nitrogen and oxygen atoms in total. The van der Waals surface area contributed by atoms with Crippen molar-refractivity contribution in [2.75, 3.05) is 6.54 Å². The fourth-order valence-corrected chi connectivity index (χ4v) is 2.32. The number of rotatable bonds is 5. The quantitative estimate of drug-likeness (QED) is 0.907. The van der Waals surface area contributed by atoms with Crippen LogP contribution in [0.25, 0.3) is 0 Å². The molecular weight excluding hydrogens is 281 g/mol. The van der Waals surface area contributed by atoms with Crippen LogP contribution in [0.4, 0.5) is 0 Å². The molecule has 1 aromatic carbocycles. The van der Waals surface area contributed by atoms with Gasteiger partial charge in [-0.05, 0) is 37.2 Å². The molecule has 0 aliphatic carbocycles. The average molecular weight is 298 g/mol. The van der Waals surface area contributed by atoms with E-state index in [1.54, 1.807) is 6.07 Å². The first kappa shape index (κ1) is 14.4. The number of benzene rings is 1. The molecule has 5 heteroatoms. The van der Waals surface area contributed by atoms with E-state index in [0.29, 0.717) is 22.6 Å². The summed E-state index contributed by atoms with van der Waals surface area (Å²) < 4.78 is 1.88. The summed E-state index contributed by atoms with van der Waals surface area (Å²) in [4.78, 5) is 0. The van der Waals surface area contributed by atoms with Crippen molar-refractivity contribution in [3.8, 4) is 0 Å². The van der Waals surface area contributed by atoms with Crippen LogP contribution in [0.3, 0.4) is 0 Å². The zero-order valence-corrected chi connectivity index (χ0v) is 12.5. The molecule has 1 heterocycles. The van der Waals surface area contributed by atoms with E-state index in [1.165, 1.54) is 5.56 Å². The molecule has 2 rings (SSSR count). The van der Waals surface area contributed by atoms with Crippen molar-refractivity contribution in [3.63, 3.8) is 0 Å². The van der Waals surface area contributed by atoms with Gasteiger partial charge in [0.15, 0.2) is 0 Å². The molecule has 19 heavy (non-hydrogen) atoms. The van der Waals surface area contributed by atoms with Gasteiger partial charge in [-0.25, -0.2) is 0 Å². The molecule has 0 saturated heterocycles. The third-order valence-electron chi connectivity index (χ3n) is 3.00. The Morgan fingerprint density at radius 1 is 1.37 bits per heavy atom. The van der Waals surface area contributed by atoms with Crippen molar-refractivity contribution in [1.29, 1.82) is 0 Å². The molecule has 1 aromatic heterocycles. The van der Waals surface area contributed by atoms with Crippen LogP contribution in [0, 0.1) is 0 Å². The number of halogens is 2. The Morgan fingerprint density at radius 3 is 2.89 bits per heavy atom. The molecule has 0 fully saturated rings. The maximum atomic E-state index is 6.15. The normalized spacial score (nSPS) is 12.6. The molecule has 1 atom stereocenters. The van der Waals surface area contributed by atoms with Crippen LogP contribution in [0.5, 0.6) is 0 Å². The summed E-state index contributed by atoms with van der Waals surface area (Å²) in [5, 5.41) is 9.12. The van der Waals surface area contributed by atoms with E-state index in [4.69, 9.17) is 23.2 Å². The van der Waals surface area contributed by atoms with Crippen LogP contribution in [0.2, 0.25) is 10.0 Å². The van der Waals surface area contributed by atoms with Crippen LogP contribution < -0.4 is 5.32 Å². The number of nitrogens with one attached hydrogen (secondary N) is 1. The second-order valence-corrected chi connectivity index (χ2v) is 5.33. The Morgan fingerprint density at radius 2 is 2.16 bits per heavy atom. The van der Waals surface area contributed by atoms with Gasteiger partial charge < -0.3 is 5.32 Å². The summed E-state index contributed by atoms with van der Waals surface area (Å²) in [7, 11) is 0. The molecular formula is C14H17Cl2N3. The van der Waals surface area contributed by atoms with E-state index in [1.807, 2.05) is 29.2 Å². The summed E-state index contributed by atoms with van der Waals surface area (Å²) in [6.45, 7) is 5.77. The van der Waals surface area contributed by atoms with Crippen LogP contribution in [0.15, 0.2) is 30.6 Å². The van der Waals surface area contributed by atoms with Crippen LogP contribution >= 0.6 is 23.2 Å². The minimum Gasteiger partial charge on any atom is -0.310 e. The Labute approximate surface area is 123 Å². The molecule has 0 amide bonds. The Hall–Kier alpha value is -1.03. The molecule has 1 N–H and O–H groups in total. The van der Waals surface area contributed by atoms with Crippen molar-refractivity contribution >= 4 is 23.2 Å². The SMILES string of the molecule is CCNC(C)c1cnn(Cc2cc(Cl)ccc2Cl)c1. The summed E-state index contributed by atoms with van der Waals surface area (Å²) in [5.74, 6) is 0. The highest BCUT2D eigenvalue weighted by Gasteiger charge is 2.08. The first-order valence-corrected chi connectivity index (χ1v) is 7.05. The standard InChI is InChI=1S/C14H17Cl2N3/c1-3-17-10(2)12-7-18-19(9-12)8-11-6-13(15)4-5-14(11)16/h4-7,9-10,17H,3,8H2,1-2H3. The zero-order chi connectivity index (χ0) is 13.8. The first-order chi connectivity index (χ1) is 9.10. The first-order valence-electron chi connectivity index (χ1n) is 6.29. The smallest absolute Gasteiger partial charge is 0.0674 e. The van der Waals surface area contributed by atoms with E-state index in [2.05, 4.69) is 24.3 Å². The molecule has 2 aromatic rings. The Balaban J connectivity index is 2.13. The lowest BCUT2D eigenvalue weighted by atomic mass is 10.2. The van der Waals surface area contributed by atoms with Gasteiger partial charge in [-0.2, -0.15) is 5.10 Å². The lowest BCUT2D eigenvalue weighted by Crippen LogP contribution is -2.17. The Bertz CT molecular complexity index is 551. The topological polar surface area (TPSA) is 29.9 Å². The van der Waals surface area contributed by atoms with Crippen LogP contribution in [-0.4, -0.2) is 16.3 Å². The molecule has 1 unspecified atom stereocenters. The van der Waals surface area contributed by atoms with Gasteiger partial charge in [0, 0.05) is 27.8 Å². The van der Waals surface area contributed by atoms with Crippen molar-refractivity contribution < 1.29 is 0 Å². The Kier molecular flexibility index (Phi) is 4.86. The molecule has 0 aliphatic rings. The van der Waals surface area contributed by atoms with Gasteiger partial charge in [0.25, 0.3) is 0 Å². The molecule has 0 saturated carbocycles. The zero-order valence-electron chi connectivity index (χ0n) is 11.0. The number of hydrogen-bond donors (Lipinski definition) is 1. The van der Waals surface area contributed by atoms with E-state index in [-0.39, 0.29) is 0 Å². The van der Waals surface area contributed by atoms with E-state index >= 15 is 0 Å². The highest BCUT2D eigenvalue weighted by molar-refractivity contribution is 6.33. The maximum Gasteiger partial charge on any atom is 0.0674 e. The van der Waals surface area contributed by atoms with E-state index < -0.39 is 0 Å². The molecule has 0 bridgehead atoms. The van der Waals surface area contributed by atoms with Crippen molar-refractivity contribution in [1.82, 2.24) is 15.1 Å². The number of nitrogens with zero attached hydrogens (tertiary/aromatic N) is 2. The van der Waals surface area contributed by atoms with Crippen LogP contribution in [0.1, 0.15) is 31.0 Å². The second kappa shape index (κ2) is 6.42. The molecule has 0 aliphatic heterocycles. The van der Waals surface area contributed by atoms with Crippen molar-refractivity contribution in [2.45, 2.75) is 26.4 Å². The minimum atomic E-state index is 0.300. The third-order valence-corrected chi connectivity index (χ3v) is 3.61. The summed E-state index contributed by atoms with van der Waals surface area (Å²) in [5.41, 5.74) is 2.14. The second-order valence-electron chi connectivity index (χ2n) is 4.49. The van der Waals surface area contributed by atoms with Gasteiger partial charge in [0.05, 0.1) is 12.7 Å². The van der Waals surface area contributed by atoms with Gasteiger partial charge in [-0.1, -0.05) is 30.1 Å². The maximum absolute atomic E-state index is 6.15. The highest BCUT2D eigenvalue weighted by Crippen LogP contribution is 2.21. The fraction of sp³-hybridized carbons (Fsp3) is 0.357. The van der Waals surface area contributed by atoms with E-state index in [0.717, 1.165) is 12.1 Å². The molecule has 0 radical (unpaired) electrons. The van der Waals surface area contributed by atoms with Gasteiger partial charge in [-0.15, -0.1) is 0 Å². The summed E-state index contributed by atoms with van der Waals surface area (Å²) in [6, 6.07) is 5.77. The van der Waals surface area contributed by atoms with Gasteiger partial charge in [-0.3, -0.25) is 4.68 Å². The summed E-state index contributed by atoms with van der Waals surface area (Å²) >= 11 is 12.1. The number of aromatic nitrogens is 2. The largest absolute Gasteiger partial charge is 0.310 e. The fourth-order valence-electron chi connectivity index (χ4n) is 1.95. The lowest BCUT2D eigenvalue weighted by Gasteiger charge is -2.09. The molecule has 102 valence electrons. The predicted octanol–water partition coefficient (Wildman–Crippen LogP) is 3.91. The molecule has 0 spiro atoms. The van der Waals surface area contributed by atoms with Crippen molar-refractivity contribution in [2.24, 2.45) is 0 Å². The monoisotopic (exact) mass is 297 g/mol. The lowest BCUT2D eigenvalue weighted by molar-refractivity contribution is 0.596. The van der Waals surface area contributed by atoms with Crippen molar-refractivity contribution in [3.05, 3.63) is 51.8 Å². The summed E-state index contributed by atoms with van der Waals surface area (Å²) in [6.07, 6.45) is 3.91. The van der Waals surface area contributed by atoms with Gasteiger partial charge in [0.1, 0.15) is 0 Å². The van der Waals surface area contributed by atoms with Gasteiger partial charge in [0.2, 0.25) is 0 Å². The van der Waals surface area contributed by atoms with Gasteiger partial charge >= 0.3 is 0 Å². The number of hydrogen-bond acceptors (Lipinski definition) is 2. The minimum absolute atomic E-state index is 0.300.